The van der Waals surface area contributed by atoms with Gasteiger partial charge in [0.1, 0.15) is 11.5 Å². The fraction of sp³-hybridized carbons (Fsp3) is 0. The van der Waals surface area contributed by atoms with Gasteiger partial charge in [0.2, 0.25) is 4.77 Å². The predicted molar refractivity (Wildman–Crippen MR) is 119 cm³/mol. The van der Waals surface area contributed by atoms with E-state index in [1.54, 1.807) is 24.4 Å². The second-order valence-electron chi connectivity index (χ2n) is 6.02. The van der Waals surface area contributed by atoms with Crippen LogP contribution >= 0.6 is 35.4 Å². The first-order chi connectivity index (χ1) is 14.1. The van der Waals surface area contributed by atoms with Crippen molar-refractivity contribution in [1.82, 2.24) is 14.9 Å². The van der Waals surface area contributed by atoms with Crippen LogP contribution in [-0.4, -0.2) is 21.1 Å². The van der Waals surface area contributed by atoms with E-state index in [9.17, 15) is 0 Å². The molecule has 1 heterocycles. The van der Waals surface area contributed by atoms with Gasteiger partial charge in [0.05, 0.1) is 11.2 Å². The molecule has 0 radical (unpaired) electrons. The molecule has 29 heavy (non-hydrogen) atoms. The summed E-state index contributed by atoms with van der Waals surface area (Å²) in [5, 5.41) is 12.5. The molecule has 0 amide bonds. The van der Waals surface area contributed by atoms with Gasteiger partial charge in [-0.1, -0.05) is 53.5 Å². The lowest BCUT2D eigenvalue weighted by atomic mass is 10.2. The normalized spacial score (nSPS) is 11.1. The number of para-hydroxylation sites is 1. The number of hydrogen-bond acceptors (Lipinski definition) is 4. The smallest absolute Gasteiger partial charge is 0.216 e. The molecule has 0 fully saturated rings. The van der Waals surface area contributed by atoms with Crippen molar-refractivity contribution in [2.75, 3.05) is 0 Å². The third-order valence-electron chi connectivity index (χ3n) is 3.98. The molecular weight excluding hydrogens is 427 g/mol. The monoisotopic (exact) mass is 440 g/mol. The first-order valence-electron chi connectivity index (χ1n) is 8.60. The Hall–Kier alpha value is -2.93. The number of benzene rings is 3. The molecule has 0 bridgehead atoms. The van der Waals surface area contributed by atoms with Gasteiger partial charge >= 0.3 is 0 Å². The lowest BCUT2D eigenvalue weighted by Gasteiger charge is -2.06. The van der Waals surface area contributed by atoms with Crippen molar-refractivity contribution in [3.8, 4) is 22.9 Å². The van der Waals surface area contributed by atoms with Gasteiger partial charge in [0.25, 0.3) is 0 Å². The van der Waals surface area contributed by atoms with Crippen LogP contribution in [0.2, 0.25) is 10.0 Å². The minimum Gasteiger partial charge on any atom is -0.457 e. The van der Waals surface area contributed by atoms with Crippen molar-refractivity contribution in [1.29, 1.82) is 0 Å². The van der Waals surface area contributed by atoms with Gasteiger partial charge in [0.15, 0.2) is 5.82 Å². The fourth-order valence-corrected chi connectivity index (χ4v) is 3.32. The molecule has 1 aromatic heterocycles. The minimum atomic E-state index is 0.346. The Bertz CT molecular complexity index is 1230. The highest BCUT2D eigenvalue weighted by Gasteiger charge is 2.12. The summed E-state index contributed by atoms with van der Waals surface area (Å²) in [6.07, 6.45) is 1.68. The zero-order valence-corrected chi connectivity index (χ0v) is 17.2. The molecule has 8 heteroatoms. The summed E-state index contributed by atoms with van der Waals surface area (Å²) in [6, 6.07) is 22.3. The molecule has 144 valence electrons. The number of aromatic amines is 1. The summed E-state index contributed by atoms with van der Waals surface area (Å²) in [6.45, 7) is 0. The lowest BCUT2D eigenvalue weighted by molar-refractivity contribution is 0.482. The summed E-state index contributed by atoms with van der Waals surface area (Å²) >= 11 is 17.6. The molecule has 4 rings (SSSR count). The maximum absolute atomic E-state index is 6.31. The predicted octanol–water partition coefficient (Wildman–Crippen LogP) is 6.59. The number of nitrogens with one attached hydrogen (secondary N) is 1. The fourth-order valence-electron chi connectivity index (χ4n) is 2.65. The summed E-state index contributed by atoms with van der Waals surface area (Å²) in [4.78, 5) is 0. The third kappa shape index (κ3) is 4.56. The highest BCUT2D eigenvalue weighted by molar-refractivity contribution is 7.71. The molecule has 0 saturated heterocycles. The van der Waals surface area contributed by atoms with E-state index in [4.69, 9.17) is 40.2 Å². The Morgan fingerprint density at radius 2 is 1.76 bits per heavy atom. The largest absolute Gasteiger partial charge is 0.457 e. The lowest BCUT2D eigenvalue weighted by Crippen LogP contribution is -1.96. The first kappa shape index (κ1) is 19.4. The standard InChI is InChI=1S/C21H14Cl2N4OS/c22-15-9-10-18(19(23)12-15)20-25-26-21(29)27(20)24-13-14-5-4-8-17(11-14)28-16-6-2-1-3-7-16/h1-13H,(H,26,29). The SMILES string of the molecule is S=c1[nH]nc(-c2ccc(Cl)cc2Cl)n1N=Cc1cccc(Oc2ccccc2)c1. The van der Waals surface area contributed by atoms with Crippen molar-refractivity contribution in [3.05, 3.63) is 93.2 Å². The Kier molecular flexibility index (Phi) is 5.76. The molecule has 1 N–H and O–H groups in total. The van der Waals surface area contributed by atoms with Crippen molar-refractivity contribution >= 4 is 41.6 Å². The molecule has 0 atom stereocenters. The number of hydrogen-bond donors (Lipinski definition) is 1. The molecule has 0 aliphatic rings. The molecule has 0 aliphatic carbocycles. The van der Waals surface area contributed by atoms with Gasteiger partial charge < -0.3 is 4.74 Å². The van der Waals surface area contributed by atoms with E-state index in [-0.39, 0.29) is 0 Å². The maximum atomic E-state index is 6.31. The van der Waals surface area contributed by atoms with Crippen LogP contribution in [0.5, 0.6) is 11.5 Å². The molecular formula is C21H14Cl2N4OS. The number of halogens is 2. The minimum absolute atomic E-state index is 0.346. The quantitative estimate of drug-likeness (QED) is 0.281. The van der Waals surface area contributed by atoms with Crippen LogP contribution in [-0.2, 0) is 0 Å². The zero-order chi connectivity index (χ0) is 20.2. The van der Waals surface area contributed by atoms with Crippen molar-refractivity contribution in [2.24, 2.45) is 5.10 Å². The number of rotatable bonds is 5. The summed E-state index contributed by atoms with van der Waals surface area (Å²) in [5.41, 5.74) is 1.51. The first-order valence-corrected chi connectivity index (χ1v) is 9.77. The van der Waals surface area contributed by atoms with Gasteiger partial charge in [0, 0.05) is 10.6 Å². The molecule has 0 unspecified atom stereocenters. The van der Waals surface area contributed by atoms with E-state index in [0.717, 1.165) is 11.3 Å². The topological polar surface area (TPSA) is 55.2 Å². The highest BCUT2D eigenvalue weighted by Crippen LogP contribution is 2.29. The van der Waals surface area contributed by atoms with E-state index in [0.29, 0.717) is 32.0 Å². The molecule has 4 aromatic rings. The van der Waals surface area contributed by atoms with Crippen LogP contribution in [0.3, 0.4) is 0 Å². The van der Waals surface area contributed by atoms with Crippen LogP contribution in [0, 0.1) is 4.77 Å². The number of ether oxygens (including phenoxy) is 1. The van der Waals surface area contributed by atoms with Gasteiger partial charge in [-0.2, -0.15) is 14.9 Å². The molecule has 3 aromatic carbocycles. The van der Waals surface area contributed by atoms with E-state index in [2.05, 4.69) is 15.3 Å². The average molecular weight is 441 g/mol. The van der Waals surface area contributed by atoms with Gasteiger partial charge in [-0.25, -0.2) is 5.10 Å². The maximum Gasteiger partial charge on any atom is 0.216 e. The Morgan fingerprint density at radius 3 is 2.55 bits per heavy atom. The van der Waals surface area contributed by atoms with E-state index in [1.807, 2.05) is 54.6 Å². The second kappa shape index (κ2) is 8.61. The van der Waals surface area contributed by atoms with Crippen molar-refractivity contribution in [3.63, 3.8) is 0 Å². The molecule has 0 spiro atoms. The Balaban J connectivity index is 1.63. The Labute approximate surface area is 182 Å². The zero-order valence-electron chi connectivity index (χ0n) is 14.9. The van der Waals surface area contributed by atoms with E-state index >= 15 is 0 Å². The number of H-pyrrole nitrogens is 1. The van der Waals surface area contributed by atoms with Crippen LogP contribution in [0.15, 0.2) is 77.9 Å². The van der Waals surface area contributed by atoms with Gasteiger partial charge in [-0.05, 0) is 60.2 Å². The summed E-state index contributed by atoms with van der Waals surface area (Å²) < 4.78 is 7.72. The van der Waals surface area contributed by atoms with Gasteiger partial charge in [-0.15, -0.1) is 0 Å². The second-order valence-corrected chi connectivity index (χ2v) is 7.25. The van der Waals surface area contributed by atoms with Crippen LogP contribution in [0.25, 0.3) is 11.4 Å². The highest BCUT2D eigenvalue weighted by atomic mass is 35.5. The third-order valence-corrected chi connectivity index (χ3v) is 4.79. The number of aromatic nitrogens is 3. The van der Waals surface area contributed by atoms with E-state index < -0.39 is 0 Å². The summed E-state index contributed by atoms with van der Waals surface area (Å²) in [5.74, 6) is 1.96. The average Bonchev–Trinajstić information content (AvgIpc) is 3.08. The van der Waals surface area contributed by atoms with Crippen LogP contribution < -0.4 is 4.74 Å². The molecule has 0 aliphatic heterocycles. The Morgan fingerprint density at radius 1 is 0.966 bits per heavy atom. The number of nitrogens with zero attached hydrogens (tertiary/aromatic N) is 3. The molecule has 5 nitrogen and oxygen atoms in total. The molecule has 0 saturated carbocycles. The summed E-state index contributed by atoms with van der Waals surface area (Å²) in [7, 11) is 0. The van der Waals surface area contributed by atoms with Crippen molar-refractivity contribution < 1.29 is 4.74 Å². The van der Waals surface area contributed by atoms with Crippen LogP contribution in [0.1, 0.15) is 5.56 Å². The van der Waals surface area contributed by atoms with Gasteiger partial charge in [-0.3, -0.25) is 0 Å². The van der Waals surface area contributed by atoms with Crippen LogP contribution in [0.4, 0.5) is 0 Å². The van der Waals surface area contributed by atoms with E-state index in [1.165, 1.54) is 4.68 Å². The van der Waals surface area contributed by atoms with Crippen molar-refractivity contribution in [2.45, 2.75) is 0 Å².